The normalized spacial score (nSPS) is 15.2. The summed E-state index contributed by atoms with van der Waals surface area (Å²) >= 11 is -2.10. The maximum Gasteiger partial charge on any atom is 0.389 e. The van der Waals surface area contributed by atoms with Crippen molar-refractivity contribution in [3.63, 3.8) is 0 Å². The fraction of sp³-hybridized carbons (Fsp3) is 1.00. The van der Waals surface area contributed by atoms with E-state index in [1.807, 2.05) is 0 Å². The molecule has 0 aromatic rings. The van der Waals surface area contributed by atoms with E-state index < -0.39 is 23.7 Å². The van der Waals surface area contributed by atoms with Crippen molar-refractivity contribution in [2.24, 2.45) is 0 Å². The minimum Gasteiger partial charge on any atom is -0.306 e. The number of alkyl halides is 3. The van der Waals surface area contributed by atoms with Crippen LogP contribution in [0.4, 0.5) is 13.2 Å². The summed E-state index contributed by atoms with van der Waals surface area (Å²) in [5.41, 5.74) is 0. The molecule has 62 valence electrons. The molecule has 0 heterocycles. The van der Waals surface area contributed by atoms with Gasteiger partial charge in [-0.15, -0.1) is 0 Å². The van der Waals surface area contributed by atoms with Crippen LogP contribution < -0.4 is 0 Å². The van der Waals surface area contributed by atoms with Crippen LogP contribution in [-0.2, 0) is 11.1 Å². The molecule has 1 N–H and O–H groups in total. The van der Waals surface area contributed by atoms with Gasteiger partial charge >= 0.3 is 6.18 Å². The first kappa shape index (κ1) is 9.90. The van der Waals surface area contributed by atoms with Crippen molar-refractivity contribution in [3.05, 3.63) is 0 Å². The van der Waals surface area contributed by atoms with Gasteiger partial charge in [0.15, 0.2) is 11.1 Å². The van der Waals surface area contributed by atoms with E-state index in [1.54, 1.807) is 0 Å². The quantitative estimate of drug-likeness (QED) is 0.662. The molecule has 0 aromatic carbocycles. The van der Waals surface area contributed by atoms with Crippen molar-refractivity contribution < 1.29 is 21.9 Å². The summed E-state index contributed by atoms with van der Waals surface area (Å²) in [5.74, 6) is -0.306. The summed E-state index contributed by atoms with van der Waals surface area (Å²) in [6.45, 7) is 0. The summed E-state index contributed by atoms with van der Waals surface area (Å²) in [5, 5.41) is 0. The minimum atomic E-state index is -4.21. The van der Waals surface area contributed by atoms with Crippen LogP contribution in [0.1, 0.15) is 12.8 Å². The fourth-order valence-corrected chi connectivity index (χ4v) is 0.787. The van der Waals surface area contributed by atoms with Crippen molar-refractivity contribution in [2.75, 3.05) is 5.75 Å². The minimum absolute atomic E-state index is 0.285. The summed E-state index contributed by atoms with van der Waals surface area (Å²) in [7, 11) is 0. The maximum absolute atomic E-state index is 11.3. The molecule has 0 aliphatic heterocycles. The highest BCUT2D eigenvalue weighted by Gasteiger charge is 2.26. The summed E-state index contributed by atoms with van der Waals surface area (Å²) in [6, 6.07) is 0. The highest BCUT2D eigenvalue weighted by atomic mass is 32.2. The number of halogens is 3. The van der Waals surface area contributed by atoms with Gasteiger partial charge in [-0.3, -0.25) is 0 Å². The highest BCUT2D eigenvalue weighted by molar-refractivity contribution is 7.79. The Labute approximate surface area is 58.7 Å². The van der Waals surface area contributed by atoms with Gasteiger partial charge in [0.05, 0.1) is 0 Å². The zero-order chi connectivity index (χ0) is 8.20. The molecule has 10 heavy (non-hydrogen) atoms. The highest BCUT2D eigenvalue weighted by Crippen LogP contribution is 2.20. The first-order chi connectivity index (χ1) is 4.42. The van der Waals surface area contributed by atoms with Crippen LogP contribution in [0.2, 0.25) is 0 Å². The van der Waals surface area contributed by atoms with E-state index in [4.69, 9.17) is 4.55 Å². The molecule has 0 rings (SSSR count). The number of rotatable bonds is 3. The van der Waals surface area contributed by atoms with Crippen molar-refractivity contribution >= 4 is 11.1 Å². The molecule has 0 saturated heterocycles. The summed E-state index contributed by atoms with van der Waals surface area (Å²) in [6.07, 6.45) is -5.48. The summed E-state index contributed by atoms with van der Waals surface area (Å²) in [4.78, 5) is 0. The molecule has 1 atom stereocenters. The van der Waals surface area contributed by atoms with E-state index in [0.29, 0.717) is 0 Å². The van der Waals surface area contributed by atoms with E-state index in [0.717, 1.165) is 0 Å². The monoisotopic (exact) mass is 176 g/mol. The molecule has 6 heteroatoms. The van der Waals surface area contributed by atoms with E-state index >= 15 is 0 Å². The van der Waals surface area contributed by atoms with Gasteiger partial charge < -0.3 is 4.55 Å². The summed E-state index contributed by atoms with van der Waals surface area (Å²) < 4.78 is 51.9. The van der Waals surface area contributed by atoms with E-state index in [9.17, 15) is 17.4 Å². The largest absolute Gasteiger partial charge is 0.389 e. The van der Waals surface area contributed by atoms with Crippen LogP contribution in [0.15, 0.2) is 0 Å². The van der Waals surface area contributed by atoms with Crippen LogP contribution in [0.5, 0.6) is 0 Å². The molecule has 0 aromatic heterocycles. The SMILES string of the molecule is O=S(O)CCCC(F)(F)F. The molecule has 1 unspecified atom stereocenters. The lowest BCUT2D eigenvalue weighted by atomic mass is 10.3. The van der Waals surface area contributed by atoms with Gasteiger partial charge in [0.1, 0.15) is 0 Å². The van der Waals surface area contributed by atoms with Crippen molar-refractivity contribution in [2.45, 2.75) is 19.0 Å². The molecule has 2 nitrogen and oxygen atoms in total. The second-order valence-corrected chi connectivity index (χ2v) is 2.80. The first-order valence-electron chi connectivity index (χ1n) is 2.56. The van der Waals surface area contributed by atoms with Gasteiger partial charge in [-0.05, 0) is 6.42 Å². The molecular weight excluding hydrogens is 169 g/mol. The molecule has 0 radical (unpaired) electrons. The Morgan fingerprint density at radius 3 is 2.20 bits per heavy atom. The van der Waals surface area contributed by atoms with Gasteiger partial charge in [-0.25, -0.2) is 4.21 Å². The van der Waals surface area contributed by atoms with Crippen LogP contribution in [0.25, 0.3) is 0 Å². The van der Waals surface area contributed by atoms with Crippen LogP contribution in [0.3, 0.4) is 0 Å². The topological polar surface area (TPSA) is 37.3 Å². The standard InChI is InChI=1S/C4H7F3O2S/c5-4(6,7)2-1-3-10(8)9/h1-3H2,(H,8,9). The van der Waals surface area contributed by atoms with Gasteiger partial charge in [0.2, 0.25) is 0 Å². The third-order valence-electron chi connectivity index (χ3n) is 0.779. The predicted octanol–water partition coefficient (Wildman–Crippen LogP) is 1.55. The van der Waals surface area contributed by atoms with E-state index in [1.165, 1.54) is 0 Å². The van der Waals surface area contributed by atoms with Crippen LogP contribution >= 0.6 is 0 Å². The number of hydrogen-bond donors (Lipinski definition) is 1. The molecule has 0 aliphatic rings. The van der Waals surface area contributed by atoms with Gasteiger partial charge in [-0.2, -0.15) is 13.2 Å². The Hall–Kier alpha value is -0.100. The first-order valence-corrected chi connectivity index (χ1v) is 3.83. The zero-order valence-corrected chi connectivity index (χ0v) is 5.84. The molecule has 0 fully saturated rings. The fourth-order valence-electron chi connectivity index (χ4n) is 0.396. The Bertz CT molecular complexity index is 122. The lowest BCUT2D eigenvalue weighted by Gasteiger charge is -2.02. The third-order valence-corrected chi connectivity index (χ3v) is 1.42. The molecule has 0 bridgehead atoms. The Kier molecular flexibility index (Phi) is 3.88. The second kappa shape index (κ2) is 3.92. The third kappa shape index (κ3) is 7.90. The average Bonchev–Trinajstić information content (AvgIpc) is 1.59. The van der Waals surface area contributed by atoms with Gasteiger partial charge in [0, 0.05) is 12.2 Å². The second-order valence-electron chi connectivity index (χ2n) is 1.74. The van der Waals surface area contributed by atoms with Crippen LogP contribution in [0, 0.1) is 0 Å². The Morgan fingerprint density at radius 2 is 1.90 bits per heavy atom. The lowest BCUT2D eigenvalue weighted by molar-refractivity contribution is -0.134. The van der Waals surface area contributed by atoms with Crippen molar-refractivity contribution in [1.82, 2.24) is 0 Å². The molecule has 0 aliphatic carbocycles. The van der Waals surface area contributed by atoms with Crippen molar-refractivity contribution in [1.29, 1.82) is 0 Å². The Morgan fingerprint density at radius 1 is 1.40 bits per heavy atom. The zero-order valence-electron chi connectivity index (χ0n) is 5.02. The van der Waals surface area contributed by atoms with E-state index in [-0.39, 0.29) is 12.2 Å². The average molecular weight is 176 g/mol. The Balaban J connectivity index is 3.29. The van der Waals surface area contributed by atoms with Gasteiger partial charge in [0.25, 0.3) is 0 Å². The molecule has 0 saturated carbocycles. The van der Waals surface area contributed by atoms with Crippen molar-refractivity contribution in [3.8, 4) is 0 Å². The maximum atomic E-state index is 11.3. The van der Waals surface area contributed by atoms with Gasteiger partial charge in [-0.1, -0.05) is 0 Å². The lowest BCUT2D eigenvalue weighted by Crippen LogP contribution is -2.08. The predicted molar refractivity (Wildman–Crippen MR) is 30.9 cm³/mol. The smallest absolute Gasteiger partial charge is 0.306 e. The molecule has 0 spiro atoms. The van der Waals surface area contributed by atoms with E-state index in [2.05, 4.69) is 0 Å². The number of hydrogen-bond acceptors (Lipinski definition) is 1. The molecule has 0 amide bonds. The molecular formula is C4H7F3O2S. The van der Waals surface area contributed by atoms with Crippen LogP contribution in [-0.4, -0.2) is 20.7 Å².